The molecule has 2 N–H and O–H groups in total. The Bertz CT molecular complexity index is 1340. The molecule has 0 radical (unpaired) electrons. The van der Waals surface area contributed by atoms with Crippen LogP contribution in [-0.2, 0) is 4.79 Å². The summed E-state index contributed by atoms with van der Waals surface area (Å²) in [5, 5.41) is 6.18. The number of ether oxygens (including phenoxy) is 1. The topological polar surface area (TPSA) is 68.2 Å². The van der Waals surface area contributed by atoms with Gasteiger partial charge < -0.3 is 15.4 Å². The first kappa shape index (κ1) is 19.8. The van der Waals surface area contributed by atoms with E-state index in [1.807, 2.05) is 60.0 Å². The largest absolute Gasteiger partial charge is 0.497 e. The van der Waals surface area contributed by atoms with Crippen molar-refractivity contribution in [3.05, 3.63) is 95.4 Å². The Kier molecular flexibility index (Phi) is 4.86. The lowest BCUT2D eigenvalue weighted by Crippen LogP contribution is -2.30. The summed E-state index contributed by atoms with van der Waals surface area (Å²) >= 11 is 0. The van der Waals surface area contributed by atoms with Crippen molar-refractivity contribution in [1.29, 1.82) is 0 Å². The van der Waals surface area contributed by atoms with Crippen LogP contribution in [0.5, 0.6) is 5.75 Å². The lowest BCUT2D eigenvalue weighted by atomic mass is 9.94. The zero-order valence-corrected chi connectivity index (χ0v) is 17.6. The summed E-state index contributed by atoms with van der Waals surface area (Å²) in [6, 6.07) is 20.8. The summed E-state index contributed by atoms with van der Waals surface area (Å²) < 4.78 is 20.7. The van der Waals surface area contributed by atoms with E-state index in [9.17, 15) is 9.18 Å². The average molecular weight is 428 g/mol. The highest BCUT2D eigenvalue weighted by Crippen LogP contribution is 2.39. The van der Waals surface area contributed by atoms with Gasteiger partial charge in [-0.1, -0.05) is 24.3 Å². The van der Waals surface area contributed by atoms with Gasteiger partial charge in [0.25, 0.3) is 5.91 Å². The molecule has 1 aliphatic rings. The van der Waals surface area contributed by atoms with Crippen LogP contribution in [0.4, 0.5) is 16.0 Å². The number of anilines is 2. The minimum atomic E-state index is -0.412. The number of halogens is 1. The van der Waals surface area contributed by atoms with Crippen LogP contribution in [0.15, 0.2) is 84.1 Å². The molecule has 1 amide bonds. The van der Waals surface area contributed by atoms with Gasteiger partial charge in [0.05, 0.1) is 29.8 Å². The second kappa shape index (κ2) is 7.85. The van der Waals surface area contributed by atoms with Crippen LogP contribution in [-0.4, -0.2) is 22.6 Å². The number of hydrogen-bond donors (Lipinski definition) is 2. The van der Waals surface area contributed by atoms with E-state index in [1.165, 1.54) is 12.1 Å². The summed E-state index contributed by atoms with van der Waals surface area (Å²) in [6.07, 6.45) is 0. The highest BCUT2D eigenvalue weighted by atomic mass is 19.1. The number of fused-ring (bicyclic) bond motifs is 3. The van der Waals surface area contributed by atoms with Gasteiger partial charge in [0.2, 0.25) is 5.95 Å². The molecule has 0 saturated heterocycles. The number of carbonyl (C=O) groups excluding carboxylic acids is 1. The van der Waals surface area contributed by atoms with Gasteiger partial charge in [-0.25, -0.2) is 9.37 Å². The molecule has 0 aliphatic carbocycles. The number of nitrogens with zero attached hydrogens (tertiary/aromatic N) is 2. The number of allylic oxidation sites excluding steroid dienone is 1. The highest BCUT2D eigenvalue weighted by molar-refractivity contribution is 6.06. The molecule has 0 unspecified atom stereocenters. The number of rotatable bonds is 4. The molecule has 5 rings (SSSR count). The van der Waals surface area contributed by atoms with Crippen LogP contribution >= 0.6 is 0 Å². The van der Waals surface area contributed by atoms with Crippen LogP contribution < -0.4 is 15.4 Å². The fraction of sp³-hybridized carbons (Fsp3) is 0.120. The zero-order chi connectivity index (χ0) is 22.2. The van der Waals surface area contributed by atoms with E-state index in [1.54, 1.807) is 19.2 Å². The molecule has 0 bridgehead atoms. The third-order valence-corrected chi connectivity index (χ3v) is 5.61. The second-order valence-electron chi connectivity index (χ2n) is 7.59. The van der Waals surface area contributed by atoms with Crippen molar-refractivity contribution in [2.75, 3.05) is 17.7 Å². The Labute approximate surface area is 184 Å². The molecule has 3 aromatic carbocycles. The molecule has 32 heavy (non-hydrogen) atoms. The van der Waals surface area contributed by atoms with E-state index in [2.05, 4.69) is 10.6 Å². The summed E-state index contributed by atoms with van der Waals surface area (Å²) in [7, 11) is 1.62. The third-order valence-electron chi connectivity index (χ3n) is 5.61. The van der Waals surface area contributed by atoms with Crippen LogP contribution in [0.1, 0.15) is 18.5 Å². The summed E-state index contributed by atoms with van der Waals surface area (Å²) in [5.41, 5.74) is 4.44. The Morgan fingerprint density at radius 2 is 1.78 bits per heavy atom. The summed E-state index contributed by atoms with van der Waals surface area (Å²) in [6.45, 7) is 1.86. The number of aromatic nitrogens is 2. The fourth-order valence-electron chi connectivity index (χ4n) is 4.09. The first-order chi connectivity index (χ1) is 15.5. The number of nitrogens with one attached hydrogen (secondary N) is 2. The number of para-hydroxylation sites is 2. The number of benzene rings is 3. The monoisotopic (exact) mass is 428 g/mol. The maximum Gasteiger partial charge on any atom is 0.255 e. The number of carbonyl (C=O) groups is 1. The molecule has 0 saturated carbocycles. The quantitative estimate of drug-likeness (QED) is 0.474. The SMILES string of the molecule is COc1ccc([C@@H]2C(C(=O)Nc3ccc(F)cc3)=C(C)Nc3nc4ccccc4n32)cc1. The second-order valence-corrected chi connectivity index (χ2v) is 7.59. The lowest BCUT2D eigenvalue weighted by Gasteiger charge is -2.30. The van der Waals surface area contributed by atoms with Gasteiger partial charge in [-0.2, -0.15) is 0 Å². The molecule has 1 atom stereocenters. The van der Waals surface area contributed by atoms with Crippen LogP contribution in [0.25, 0.3) is 11.0 Å². The van der Waals surface area contributed by atoms with Crippen LogP contribution in [0, 0.1) is 5.82 Å². The highest BCUT2D eigenvalue weighted by Gasteiger charge is 2.34. The number of amides is 1. The van der Waals surface area contributed by atoms with Crippen molar-refractivity contribution in [3.8, 4) is 5.75 Å². The Morgan fingerprint density at radius 3 is 2.50 bits per heavy atom. The van der Waals surface area contributed by atoms with E-state index in [-0.39, 0.29) is 11.7 Å². The van der Waals surface area contributed by atoms with Crippen molar-refractivity contribution in [2.24, 2.45) is 0 Å². The van der Waals surface area contributed by atoms with Gasteiger partial charge in [0.1, 0.15) is 11.6 Å². The van der Waals surface area contributed by atoms with Gasteiger partial charge >= 0.3 is 0 Å². The van der Waals surface area contributed by atoms with Gasteiger partial charge in [0.15, 0.2) is 0 Å². The molecule has 7 heteroatoms. The standard InChI is InChI=1S/C25H21FN4O2/c1-15-22(24(31)28-18-11-9-17(26)10-12-18)23(16-7-13-19(32-2)14-8-16)30-21-6-4-3-5-20(21)29-25(30)27-15/h3-14,23H,1-2H3,(H,27,29)(H,28,31)/t23-/m1/s1. The molecular formula is C25H21FN4O2. The molecule has 6 nitrogen and oxygen atoms in total. The van der Waals surface area contributed by atoms with Crippen molar-refractivity contribution >= 4 is 28.6 Å². The predicted molar refractivity (Wildman–Crippen MR) is 122 cm³/mol. The minimum absolute atomic E-state index is 0.272. The van der Waals surface area contributed by atoms with Crippen molar-refractivity contribution in [3.63, 3.8) is 0 Å². The molecule has 0 fully saturated rings. The zero-order valence-electron chi connectivity index (χ0n) is 17.6. The molecule has 1 aromatic heterocycles. The van der Waals surface area contributed by atoms with Gasteiger partial charge in [-0.15, -0.1) is 0 Å². The van der Waals surface area contributed by atoms with Crippen molar-refractivity contribution in [1.82, 2.24) is 9.55 Å². The van der Waals surface area contributed by atoms with E-state index in [0.717, 1.165) is 22.3 Å². The summed E-state index contributed by atoms with van der Waals surface area (Å²) in [5.74, 6) is 0.772. The van der Waals surface area contributed by atoms with E-state index in [4.69, 9.17) is 9.72 Å². The van der Waals surface area contributed by atoms with Gasteiger partial charge in [0, 0.05) is 11.4 Å². The molecular weight excluding hydrogens is 407 g/mol. The predicted octanol–water partition coefficient (Wildman–Crippen LogP) is 5.11. The third kappa shape index (κ3) is 3.37. The summed E-state index contributed by atoms with van der Waals surface area (Å²) in [4.78, 5) is 18.2. The number of imidazole rings is 1. The van der Waals surface area contributed by atoms with Crippen LogP contribution in [0.3, 0.4) is 0 Å². The van der Waals surface area contributed by atoms with Crippen molar-refractivity contribution < 1.29 is 13.9 Å². The number of methoxy groups -OCH3 is 1. The Hall–Kier alpha value is -4.13. The minimum Gasteiger partial charge on any atom is -0.497 e. The Balaban J connectivity index is 1.64. The van der Waals surface area contributed by atoms with Gasteiger partial charge in [-0.3, -0.25) is 9.36 Å². The van der Waals surface area contributed by atoms with E-state index in [0.29, 0.717) is 22.9 Å². The normalized spacial score (nSPS) is 15.3. The van der Waals surface area contributed by atoms with E-state index < -0.39 is 6.04 Å². The average Bonchev–Trinajstić information content (AvgIpc) is 3.17. The van der Waals surface area contributed by atoms with Crippen molar-refractivity contribution in [2.45, 2.75) is 13.0 Å². The maximum absolute atomic E-state index is 13.5. The van der Waals surface area contributed by atoms with Crippen LogP contribution in [0.2, 0.25) is 0 Å². The molecule has 2 heterocycles. The molecule has 160 valence electrons. The maximum atomic E-state index is 13.5. The molecule has 0 spiro atoms. The molecule has 4 aromatic rings. The first-order valence-corrected chi connectivity index (χ1v) is 10.2. The Morgan fingerprint density at radius 1 is 1.06 bits per heavy atom. The van der Waals surface area contributed by atoms with Gasteiger partial charge in [-0.05, 0) is 61.0 Å². The van der Waals surface area contributed by atoms with E-state index >= 15 is 0 Å². The first-order valence-electron chi connectivity index (χ1n) is 10.2. The smallest absolute Gasteiger partial charge is 0.255 e. The fourth-order valence-corrected chi connectivity index (χ4v) is 4.09. The number of hydrogen-bond acceptors (Lipinski definition) is 4. The lowest BCUT2D eigenvalue weighted by molar-refractivity contribution is -0.113. The molecule has 1 aliphatic heterocycles.